The second-order valence-electron chi connectivity index (χ2n) is 3.98. The van der Waals surface area contributed by atoms with Gasteiger partial charge in [-0.25, -0.2) is 0 Å². The van der Waals surface area contributed by atoms with E-state index in [2.05, 4.69) is 24.0 Å². The van der Waals surface area contributed by atoms with Gasteiger partial charge in [-0.1, -0.05) is 18.2 Å². The molecular weight excluding hydrogens is 170 g/mol. The molecule has 1 aliphatic carbocycles. The number of rotatable bonds is 1. The summed E-state index contributed by atoms with van der Waals surface area (Å²) < 4.78 is 0. The van der Waals surface area contributed by atoms with Gasteiger partial charge in [0.2, 0.25) is 0 Å². The van der Waals surface area contributed by atoms with Crippen LogP contribution in [0, 0.1) is 6.92 Å². The lowest BCUT2D eigenvalue weighted by molar-refractivity contribution is 1.10. The fourth-order valence-electron chi connectivity index (χ4n) is 1.96. The van der Waals surface area contributed by atoms with Crippen LogP contribution >= 0.6 is 0 Å². The molecule has 1 saturated carbocycles. The van der Waals surface area contributed by atoms with Crippen LogP contribution < -0.4 is 0 Å². The maximum Gasteiger partial charge on any atom is 0.0704 e. The van der Waals surface area contributed by atoms with Crippen LogP contribution in [0.1, 0.15) is 29.9 Å². The van der Waals surface area contributed by atoms with Crippen molar-refractivity contribution in [2.75, 3.05) is 0 Å². The number of hydrogen-bond donors (Lipinski definition) is 0. The van der Waals surface area contributed by atoms with Gasteiger partial charge in [0.1, 0.15) is 0 Å². The quantitative estimate of drug-likeness (QED) is 0.659. The molecule has 0 bridgehead atoms. The van der Waals surface area contributed by atoms with Crippen LogP contribution in [-0.2, 0) is 0 Å². The van der Waals surface area contributed by atoms with Gasteiger partial charge in [-0.05, 0) is 42.9 Å². The molecule has 14 heavy (non-hydrogen) atoms. The van der Waals surface area contributed by atoms with Crippen LogP contribution in [0.15, 0.2) is 30.5 Å². The van der Waals surface area contributed by atoms with Gasteiger partial charge >= 0.3 is 0 Å². The number of hydrogen-bond acceptors (Lipinski definition) is 1. The molecule has 1 aliphatic rings. The Labute approximate surface area is 83.8 Å². The molecule has 1 fully saturated rings. The minimum atomic E-state index is 0.736. The van der Waals surface area contributed by atoms with Crippen LogP contribution in [0.3, 0.4) is 0 Å². The second-order valence-corrected chi connectivity index (χ2v) is 3.98. The summed E-state index contributed by atoms with van der Waals surface area (Å²) in [5.41, 5.74) is 3.59. The molecule has 1 aromatic heterocycles. The normalized spacial score (nSPS) is 16.1. The van der Waals surface area contributed by atoms with Crippen LogP contribution in [0.4, 0.5) is 0 Å². The zero-order valence-electron chi connectivity index (χ0n) is 8.03. The van der Waals surface area contributed by atoms with Crippen molar-refractivity contribution in [1.29, 1.82) is 0 Å². The topological polar surface area (TPSA) is 12.9 Å². The van der Waals surface area contributed by atoms with Crippen molar-refractivity contribution in [3.8, 4) is 0 Å². The Balaban J connectivity index is 2.30. The smallest absolute Gasteiger partial charge is 0.0704 e. The first kappa shape index (κ1) is 7.98. The lowest BCUT2D eigenvalue weighted by atomic mass is 10.0. The Morgan fingerprint density at radius 1 is 1.21 bits per heavy atom. The largest absolute Gasteiger partial charge is 0.256 e. The number of para-hydroxylation sites is 1. The second kappa shape index (κ2) is 2.81. The zero-order valence-corrected chi connectivity index (χ0v) is 8.03. The molecule has 0 spiro atoms. The first-order chi connectivity index (χ1) is 6.86. The molecule has 1 heteroatoms. The molecule has 1 nitrogen and oxygen atoms in total. The van der Waals surface area contributed by atoms with E-state index in [9.17, 15) is 0 Å². The van der Waals surface area contributed by atoms with Crippen LogP contribution in [0.2, 0.25) is 0 Å². The van der Waals surface area contributed by atoms with Crippen molar-refractivity contribution >= 4 is 10.9 Å². The minimum absolute atomic E-state index is 0.736. The van der Waals surface area contributed by atoms with E-state index in [0.717, 1.165) is 11.4 Å². The summed E-state index contributed by atoms with van der Waals surface area (Å²) in [6.07, 6.45) is 4.62. The summed E-state index contributed by atoms with van der Waals surface area (Å²) in [7, 11) is 0. The first-order valence-corrected chi connectivity index (χ1v) is 5.06. The number of pyridine rings is 1. The Morgan fingerprint density at radius 2 is 2.00 bits per heavy atom. The molecule has 0 unspecified atom stereocenters. The summed E-state index contributed by atoms with van der Waals surface area (Å²) in [5, 5.41) is 1.21. The summed E-state index contributed by atoms with van der Waals surface area (Å²) in [6, 6.07) is 8.22. The van der Waals surface area contributed by atoms with Gasteiger partial charge in [-0.2, -0.15) is 0 Å². The van der Waals surface area contributed by atoms with E-state index >= 15 is 0 Å². The third-order valence-corrected chi connectivity index (χ3v) is 2.94. The van der Waals surface area contributed by atoms with E-state index in [0.29, 0.717) is 0 Å². The van der Waals surface area contributed by atoms with E-state index < -0.39 is 0 Å². The molecule has 1 radical (unpaired) electrons. The Hall–Kier alpha value is -1.37. The highest BCUT2D eigenvalue weighted by Gasteiger charge is 2.25. The van der Waals surface area contributed by atoms with Gasteiger partial charge in [0.25, 0.3) is 0 Å². The Bertz CT molecular complexity index is 484. The molecule has 69 valence electrons. The molecular formula is C13H12N. The van der Waals surface area contributed by atoms with Crippen molar-refractivity contribution < 1.29 is 0 Å². The van der Waals surface area contributed by atoms with E-state index in [-0.39, 0.29) is 0 Å². The molecule has 0 aliphatic heterocycles. The summed E-state index contributed by atoms with van der Waals surface area (Å²) in [4.78, 5) is 4.46. The third-order valence-electron chi connectivity index (χ3n) is 2.94. The third kappa shape index (κ3) is 1.12. The molecule has 0 saturated heterocycles. The molecule has 3 rings (SSSR count). The average molecular weight is 182 g/mol. The van der Waals surface area contributed by atoms with E-state index in [1.54, 1.807) is 0 Å². The van der Waals surface area contributed by atoms with Crippen molar-refractivity contribution in [3.63, 3.8) is 0 Å². The number of benzene rings is 1. The standard InChI is InChI=1S/C13H12N/c1-9-11-4-2-3-5-13(11)14-8-12(9)10-6-7-10/h2-5,8,10H,1,6-7H2. The van der Waals surface area contributed by atoms with Crippen LogP contribution in [-0.4, -0.2) is 4.98 Å². The Morgan fingerprint density at radius 3 is 2.79 bits per heavy atom. The van der Waals surface area contributed by atoms with Gasteiger partial charge in [-0.3, -0.25) is 4.98 Å². The highest BCUT2D eigenvalue weighted by Crippen LogP contribution is 2.42. The summed E-state index contributed by atoms with van der Waals surface area (Å²) in [5.74, 6) is 0.736. The van der Waals surface area contributed by atoms with Crippen molar-refractivity contribution in [1.82, 2.24) is 4.98 Å². The number of aromatic nitrogens is 1. The van der Waals surface area contributed by atoms with Crippen LogP contribution in [0.5, 0.6) is 0 Å². The number of nitrogens with zero attached hydrogens (tertiary/aromatic N) is 1. The average Bonchev–Trinajstić information content (AvgIpc) is 3.03. The van der Waals surface area contributed by atoms with Crippen molar-refractivity contribution in [2.45, 2.75) is 18.8 Å². The fourth-order valence-corrected chi connectivity index (χ4v) is 1.96. The SMILES string of the molecule is [CH2]c1c(C2CC2)cnc2ccccc12. The predicted octanol–water partition coefficient (Wildman–Crippen LogP) is 3.29. The Kier molecular flexibility index (Phi) is 1.60. The number of fused-ring (bicyclic) bond motifs is 1. The van der Waals surface area contributed by atoms with Gasteiger partial charge in [0, 0.05) is 11.6 Å². The highest BCUT2D eigenvalue weighted by atomic mass is 14.7. The fraction of sp³-hybridized carbons (Fsp3) is 0.231. The maximum atomic E-state index is 4.46. The van der Waals surface area contributed by atoms with Gasteiger partial charge in [0.15, 0.2) is 0 Å². The molecule has 1 aromatic carbocycles. The van der Waals surface area contributed by atoms with E-state index in [1.165, 1.54) is 29.4 Å². The zero-order chi connectivity index (χ0) is 9.54. The molecule has 1 heterocycles. The summed E-state index contributed by atoms with van der Waals surface area (Å²) >= 11 is 0. The van der Waals surface area contributed by atoms with E-state index in [1.807, 2.05) is 18.3 Å². The van der Waals surface area contributed by atoms with Crippen molar-refractivity contribution in [2.24, 2.45) is 0 Å². The lowest BCUT2D eigenvalue weighted by Gasteiger charge is -2.06. The maximum absolute atomic E-state index is 4.46. The minimum Gasteiger partial charge on any atom is -0.256 e. The molecule has 0 N–H and O–H groups in total. The lowest BCUT2D eigenvalue weighted by Crippen LogP contribution is -1.90. The van der Waals surface area contributed by atoms with E-state index in [4.69, 9.17) is 0 Å². The predicted molar refractivity (Wildman–Crippen MR) is 58.2 cm³/mol. The highest BCUT2D eigenvalue weighted by molar-refractivity contribution is 5.83. The molecule has 0 amide bonds. The van der Waals surface area contributed by atoms with Gasteiger partial charge in [0.05, 0.1) is 5.52 Å². The first-order valence-electron chi connectivity index (χ1n) is 5.06. The molecule has 2 aromatic rings. The van der Waals surface area contributed by atoms with Gasteiger partial charge < -0.3 is 0 Å². The monoisotopic (exact) mass is 182 g/mol. The van der Waals surface area contributed by atoms with Crippen molar-refractivity contribution in [3.05, 3.63) is 48.5 Å². The van der Waals surface area contributed by atoms with Gasteiger partial charge in [-0.15, -0.1) is 0 Å². The summed E-state index contributed by atoms with van der Waals surface area (Å²) in [6.45, 7) is 4.17. The molecule has 0 atom stereocenters. The van der Waals surface area contributed by atoms with Crippen LogP contribution in [0.25, 0.3) is 10.9 Å².